The molecule has 1 atom stereocenters. The van der Waals surface area contributed by atoms with E-state index in [-0.39, 0.29) is 5.25 Å². The lowest BCUT2D eigenvalue weighted by atomic mass is 10.1. The lowest BCUT2D eigenvalue weighted by Gasteiger charge is -2.12. The van der Waals surface area contributed by atoms with Crippen LogP contribution in [0.5, 0.6) is 0 Å². The molecule has 0 aliphatic carbocycles. The highest BCUT2D eigenvalue weighted by molar-refractivity contribution is 9.10. The largest absolute Gasteiger partial charge is 0.440 e. The van der Waals surface area contributed by atoms with Crippen LogP contribution < -0.4 is 5.73 Å². The van der Waals surface area contributed by atoms with Crippen LogP contribution in [-0.4, -0.2) is 11.5 Å². The zero-order valence-electron chi connectivity index (χ0n) is 8.47. The molecule has 0 amide bonds. The quantitative estimate of drug-likeness (QED) is 0.881. The van der Waals surface area contributed by atoms with Crippen LogP contribution in [0.2, 0.25) is 0 Å². The number of nitrogens with zero attached hydrogens (tertiary/aromatic N) is 1. The molecular weight excluding hydrogens is 288 g/mol. The normalized spacial score (nSPS) is 12.6. The standard InChI is InChI=1S/C11H11BrN2OS/c12-9-3-1-8(2-4-9)10(7-13)16-11-14-5-6-15-11/h1-6,10H,7,13H2. The average Bonchev–Trinajstić information content (AvgIpc) is 2.80. The fourth-order valence-electron chi connectivity index (χ4n) is 1.32. The van der Waals surface area contributed by atoms with Gasteiger partial charge in [-0.25, -0.2) is 4.98 Å². The molecule has 0 bridgehead atoms. The van der Waals surface area contributed by atoms with Gasteiger partial charge in [-0.3, -0.25) is 0 Å². The predicted octanol–water partition coefficient (Wildman–Crippen LogP) is 3.23. The van der Waals surface area contributed by atoms with Gasteiger partial charge in [-0.15, -0.1) is 0 Å². The van der Waals surface area contributed by atoms with Crippen LogP contribution in [-0.2, 0) is 0 Å². The topological polar surface area (TPSA) is 52.0 Å². The maximum absolute atomic E-state index is 5.76. The highest BCUT2D eigenvalue weighted by atomic mass is 79.9. The summed E-state index contributed by atoms with van der Waals surface area (Å²) in [5, 5.41) is 0.824. The maximum atomic E-state index is 5.76. The van der Waals surface area contributed by atoms with E-state index in [1.165, 1.54) is 17.3 Å². The second kappa shape index (κ2) is 5.52. The monoisotopic (exact) mass is 298 g/mol. The molecule has 1 heterocycles. The summed E-state index contributed by atoms with van der Waals surface area (Å²) >= 11 is 4.94. The van der Waals surface area contributed by atoms with Crippen LogP contribution >= 0.6 is 27.7 Å². The zero-order valence-corrected chi connectivity index (χ0v) is 10.9. The molecule has 0 radical (unpaired) electrons. The van der Waals surface area contributed by atoms with Crippen LogP contribution in [0.25, 0.3) is 0 Å². The van der Waals surface area contributed by atoms with E-state index in [1.807, 2.05) is 12.1 Å². The number of hydrogen-bond acceptors (Lipinski definition) is 4. The number of benzene rings is 1. The van der Waals surface area contributed by atoms with Gasteiger partial charge in [-0.05, 0) is 17.7 Å². The number of oxazole rings is 1. The molecule has 0 saturated heterocycles. The van der Waals surface area contributed by atoms with Crippen molar-refractivity contribution in [2.24, 2.45) is 5.73 Å². The van der Waals surface area contributed by atoms with Crippen molar-refractivity contribution >= 4 is 27.7 Å². The van der Waals surface area contributed by atoms with Crippen molar-refractivity contribution in [1.82, 2.24) is 4.98 Å². The first-order valence-corrected chi connectivity index (χ1v) is 6.48. The Morgan fingerprint density at radius 3 is 2.69 bits per heavy atom. The molecule has 2 N–H and O–H groups in total. The summed E-state index contributed by atoms with van der Waals surface area (Å²) in [6.07, 6.45) is 3.20. The third kappa shape index (κ3) is 2.87. The number of aromatic nitrogens is 1. The average molecular weight is 299 g/mol. The van der Waals surface area contributed by atoms with Gasteiger partial charge in [0.25, 0.3) is 5.22 Å². The fourth-order valence-corrected chi connectivity index (χ4v) is 2.45. The van der Waals surface area contributed by atoms with E-state index >= 15 is 0 Å². The predicted molar refractivity (Wildman–Crippen MR) is 68.3 cm³/mol. The molecule has 1 aromatic heterocycles. The van der Waals surface area contributed by atoms with E-state index in [0.717, 1.165) is 4.47 Å². The third-order valence-electron chi connectivity index (χ3n) is 2.11. The van der Waals surface area contributed by atoms with Gasteiger partial charge in [0.05, 0.1) is 11.4 Å². The van der Waals surface area contributed by atoms with E-state index in [0.29, 0.717) is 11.8 Å². The Kier molecular flexibility index (Phi) is 4.04. The van der Waals surface area contributed by atoms with Crippen LogP contribution in [0.1, 0.15) is 10.8 Å². The molecular formula is C11H11BrN2OS. The maximum Gasteiger partial charge on any atom is 0.256 e. The zero-order chi connectivity index (χ0) is 11.4. The first-order chi connectivity index (χ1) is 7.79. The molecule has 0 fully saturated rings. The minimum atomic E-state index is 0.173. The summed E-state index contributed by atoms with van der Waals surface area (Å²) < 4.78 is 6.26. The minimum Gasteiger partial charge on any atom is -0.440 e. The van der Waals surface area contributed by atoms with Crippen molar-refractivity contribution in [3.8, 4) is 0 Å². The van der Waals surface area contributed by atoms with E-state index < -0.39 is 0 Å². The third-order valence-corrected chi connectivity index (χ3v) is 3.79. The van der Waals surface area contributed by atoms with E-state index in [4.69, 9.17) is 10.2 Å². The van der Waals surface area contributed by atoms with Crippen LogP contribution in [0.3, 0.4) is 0 Å². The van der Waals surface area contributed by atoms with Crippen molar-refractivity contribution in [2.45, 2.75) is 10.5 Å². The lowest BCUT2D eigenvalue weighted by molar-refractivity contribution is 0.453. The molecule has 2 rings (SSSR count). The van der Waals surface area contributed by atoms with E-state index in [1.54, 1.807) is 12.5 Å². The number of nitrogens with two attached hydrogens (primary N) is 1. The molecule has 84 valence electrons. The first kappa shape index (κ1) is 11.7. The van der Waals surface area contributed by atoms with Gasteiger partial charge in [0, 0.05) is 11.0 Å². The van der Waals surface area contributed by atoms with Gasteiger partial charge in [0.2, 0.25) is 0 Å². The van der Waals surface area contributed by atoms with Gasteiger partial charge >= 0.3 is 0 Å². The van der Waals surface area contributed by atoms with Gasteiger partial charge in [0.15, 0.2) is 0 Å². The first-order valence-electron chi connectivity index (χ1n) is 4.81. The molecule has 5 heteroatoms. The smallest absolute Gasteiger partial charge is 0.256 e. The van der Waals surface area contributed by atoms with Crippen molar-refractivity contribution in [3.05, 3.63) is 46.8 Å². The van der Waals surface area contributed by atoms with Gasteiger partial charge in [-0.1, -0.05) is 39.8 Å². The van der Waals surface area contributed by atoms with Gasteiger partial charge in [0.1, 0.15) is 6.26 Å². The molecule has 1 unspecified atom stereocenters. The Bertz CT molecular complexity index is 430. The summed E-state index contributed by atoms with van der Waals surface area (Å²) in [6, 6.07) is 8.12. The number of thioether (sulfide) groups is 1. The van der Waals surface area contributed by atoms with E-state index in [9.17, 15) is 0 Å². The number of halogens is 1. The number of hydrogen-bond donors (Lipinski definition) is 1. The lowest BCUT2D eigenvalue weighted by Crippen LogP contribution is -2.09. The Morgan fingerprint density at radius 1 is 1.38 bits per heavy atom. The highest BCUT2D eigenvalue weighted by Gasteiger charge is 2.13. The molecule has 16 heavy (non-hydrogen) atoms. The Balaban J connectivity index is 2.13. The van der Waals surface area contributed by atoms with Gasteiger partial charge < -0.3 is 10.2 Å². The van der Waals surface area contributed by atoms with Crippen molar-refractivity contribution in [1.29, 1.82) is 0 Å². The van der Waals surface area contributed by atoms with Crippen LogP contribution in [0.4, 0.5) is 0 Å². The second-order valence-corrected chi connectivity index (χ2v) is 5.26. The van der Waals surface area contributed by atoms with Crippen molar-refractivity contribution in [2.75, 3.05) is 6.54 Å². The molecule has 2 aromatic rings. The molecule has 0 aliphatic heterocycles. The molecule has 0 saturated carbocycles. The molecule has 3 nitrogen and oxygen atoms in total. The summed E-state index contributed by atoms with van der Waals surface area (Å²) in [4.78, 5) is 4.08. The van der Waals surface area contributed by atoms with Crippen LogP contribution in [0, 0.1) is 0 Å². The minimum absolute atomic E-state index is 0.173. The van der Waals surface area contributed by atoms with E-state index in [2.05, 4.69) is 33.0 Å². The van der Waals surface area contributed by atoms with Crippen molar-refractivity contribution < 1.29 is 4.42 Å². The summed E-state index contributed by atoms with van der Waals surface area (Å²) in [5.41, 5.74) is 6.93. The molecule has 0 spiro atoms. The molecule has 1 aromatic carbocycles. The SMILES string of the molecule is NCC(Sc1ncco1)c1ccc(Br)cc1. The van der Waals surface area contributed by atoms with Crippen molar-refractivity contribution in [3.63, 3.8) is 0 Å². The highest BCUT2D eigenvalue weighted by Crippen LogP contribution is 2.33. The summed E-state index contributed by atoms with van der Waals surface area (Å²) in [7, 11) is 0. The molecule has 0 aliphatic rings. The van der Waals surface area contributed by atoms with Crippen LogP contribution in [0.15, 0.2) is 50.8 Å². The summed E-state index contributed by atoms with van der Waals surface area (Å²) in [5.74, 6) is 0. The Hall–Kier alpha value is -0.780. The fraction of sp³-hybridized carbons (Fsp3) is 0.182. The summed E-state index contributed by atoms with van der Waals surface area (Å²) in [6.45, 7) is 0.550. The Morgan fingerprint density at radius 2 is 2.12 bits per heavy atom. The number of rotatable bonds is 4. The second-order valence-electron chi connectivity index (χ2n) is 3.19. The van der Waals surface area contributed by atoms with Gasteiger partial charge in [-0.2, -0.15) is 0 Å². The Labute approximate surface area is 107 Å².